The number of benzene rings is 1. The van der Waals surface area contributed by atoms with Crippen molar-refractivity contribution in [2.75, 3.05) is 6.54 Å². The summed E-state index contributed by atoms with van der Waals surface area (Å²) in [7, 11) is -4.19. The summed E-state index contributed by atoms with van der Waals surface area (Å²) < 4.78 is 27.6. The highest BCUT2D eigenvalue weighted by Gasteiger charge is 2.35. The number of nitrogens with two attached hydrogens (primary N) is 1. The fourth-order valence-corrected chi connectivity index (χ4v) is 4.48. The molecule has 0 amide bonds. The van der Waals surface area contributed by atoms with Crippen LogP contribution in [0.4, 0.5) is 5.69 Å². The molecule has 0 aliphatic carbocycles. The molecule has 0 aliphatic heterocycles. The second kappa shape index (κ2) is 6.91. The minimum atomic E-state index is -4.19. The van der Waals surface area contributed by atoms with Crippen LogP contribution >= 0.6 is 11.6 Å². The fourth-order valence-electron chi connectivity index (χ4n) is 2.35. The molecule has 1 unspecified atom stereocenters. The van der Waals surface area contributed by atoms with Gasteiger partial charge >= 0.3 is 0 Å². The maximum atomic E-state index is 12.6. The zero-order valence-corrected chi connectivity index (χ0v) is 14.2. The average molecular weight is 350 g/mol. The third kappa shape index (κ3) is 4.39. The monoisotopic (exact) mass is 349 g/mol. The fraction of sp³-hybridized carbons (Fsp3) is 0.538. The van der Waals surface area contributed by atoms with Crippen LogP contribution in [0.3, 0.4) is 0 Å². The molecule has 1 rings (SSSR count). The Hall–Kier alpha value is -1.22. The van der Waals surface area contributed by atoms with Crippen molar-refractivity contribution in [3.05, 3.63) is 33.3 Å². The van der Waals surface area contributed by atoms with Gasteiger partial charge in [-0.25, -0.2) is 13.1 Å². The van der Waals surface area contributed by atoms with Crippen LogP contribution in [-0.4, -0.2) is 25.4 Å². The lowest BCUT2D eigenvalue weighted by molar-refractivity contribution is -0.387. The Morgan fingerprint density at radius 3 is 2.50 bits per heavy atom. The second-order valence-corrected chi connectivity index (χ2v) is 7.84. The van der Waals surface area contributed by atoms with Gasteiger partial charge in [-0.3, -0.25) is 10.1 Å². The predicted octanol–water partition coefficient (Wildman–Crippen LogP) is 2.29. The maximum Gasteiger partial charge on any atom is 0.290 e. The number of sulfonamides is 1. The van der Waals surface area contributed by atoms with Crippen LogP contribution in [0.2, 0.25) is 5.02 Å². The first-order chi connectivity index (χ1) is 10.0. The number of nitro benzene ring substituents is 1. The SMILES string of the molecule is CC(C)CC(C)(CN)NS(=O)(=O)c1c(Cl)cccc1[N+](=O)[O-]. The summed E-state index contributed by atoms with van der Waals surface area (Å²) in [5.74, 6) is 0.192. The predicted molar refractivity (Wildman–Crippen MR) is 85.3 cm³/mol. The van der Waals surface area contributed by atoms with E-state index in [-0.39, 0.29) is 17.5 Å². The molecule has 1 aromatic carbocycles. The van der Waals surface area contributed by atoms with E-state index in [2.05, 4.69) is 4.72 Å². The van der Waals surface area contributed by atoms with Gasteiger partial charge in [0.2, 0.25) is 10.0 Å². The lowest BCUT2D eigenvalue weighted by Crippen LogP contribution is -2.52. The van der Waals surface area contributed by atoms with Crippen molar-refractivity contribution in [1.82, 2.24) is 4.72 Å². The molecule has 0 saturated carbocycles. The van der Waals surface area contributed by atoms with Gasteiger partial charge in [-0.15, -0.1) is 0 Å². The Bertz CT molecular complexity index is 663. The van der Waals surface area contributed by atoms with Crippen molar-refractivity contribution in [3.8, 4) is 0 Å². The van der Waals surface area contributed by atoms with Crippen molar-refractivity contribution >= 4 is 27.3 Å². The highest BCUT2D eigenvalue weighted by Crippen LogP contribution is 2.32. The van der Waals surface area contributed by atoms with Crippen LogP contribution in [0.5, 0.6) is 0 Å². The lowest BCUT2D eigenvalue weighted by Gasteiger charge is -2.30. The van der Waals surface area contributed by atoms with Gasteiger partial charge in [0.15, 0.2) is 4.90 Å². The summed E-state index contributed by atoms with van der Waals surface area (Å²) in [4.78, 5) is 9.75. The number of halogens is 1. The minimum absolute atomic E-state index is 0.0582. The topological polar surface area (TPSA) is 115 Å². The summed E-state index contributed by atoms with van der Waals surface area (Å²) in [6.07, 6.45) is 0.487. The van der Waals surface area contributed by atoms with E-state index in [1.54, 1.807) is 6.92 Å². The molecular weight excluding hydrogens is 330 g/mol. The molecule has 0 aliphatic rings. The van der Waals surface area contributed by atoms with Gasteiger partial charge in [-0.2, -0.15) is 0 Å². The highest BCUT2D eigenvalue weighted by atomic mass is 35.5. The molecule has 0 fully saturated rings. The van der Waals surface area contributed by atoms with Crippen LogP contribution in [0, 0.1) is 16.0 Å². The van der Waals surface area contributed by atoms with Crippen LogP contribution in [0.15, 0.2) is 23.1 Å². The number of nitrogens with one attached hydrogen (secondary N) is 1. The quantitative estimate of drug-likeness (QED) is 0.578. The Labute approximate surface area is 135 Å². The first-order valence-corrected chi connectivity index (χ1v) is 8.55. The Morgan fingerprint density at radius 1 is 1.45 bits per heavy atom. The zero-order valence-electron chi connectivity index (χ0n) is 12.7. The average Bonchev–Trinajstić information content (AvgIpc) is 2.36. The van der Waals surface area contributed by atoms with E-state index in [0.29, 0.717) is 6.42 Å². The summed E-state index contributed by atoms with van der Waals surface area (Å²) >= 11 is 5.88. The standard InChI is InChI=1S/C13H20ClN3O4S/c1-9(2)7-13(3,8-15)16-22(20,21)12-10(14)5-4-6-11(12)17(18)19/h4-6,9,16H,7-8,15H2,1-3H3. The van der Waals surface area contributed by atoms with E-state index >= 15 is 0 Å². The van der Waals surface area contributed by atoms with Crippen LogP contribution in [0.25, 0.3) is 0 Å². The Kier molecular flexibility index (Phi) is 5.91. The minimum Gasteiger partial charge on any atom is -0.329 e. The van der Waals surface area contributed by atoms with E-state index in [4.69, 9.17) is 17.3 Å². The molecule has 22 heavy (non-hydrogen) atoms. The third-order valence-corrected chi connectivity index (χ3v) is 5.26. The van der Waals surface area contributed by atoms with Crippen LogP contribution in [-0.2, 0) is 10.0 Å². The first-order valence-electron chi connectivity index (χ1n) is 6.69. The molecule has 0 radical (unpaired) electrons. The molecule has 124 valence electrons. The van der Waals surface area contributed by atoms with Crippen LogP contribution < -0.4 is 10.5 Å². The van der Waals surface area contributed by atoms with Gasteiger partial charge in [0, 0.05) is 18.2 Å². The number of nitro groups is 1. The van der Waals surface area contributed by atoms with E-state index in [1.165, 1.54) is 12.1 Å². The largest absolute Gasteiger partial charge is 0.329 e. The summed E-state index contributed by atoms with van der Waals surface area (Å²) in [6.45, 7) is 5.58. The maximum absolute atomic E-state index is 12.6. The van der Waals surface area contributed by atoms with E-state index < -0.39 is 31.1 Å². The van der Waals surface area contributed by atoms with Gasteiger partial charge in [-0.05, 0) is 25.3 Å². The smallest absolute Gasteiger partial charge is 0.290 e. The molecule has 7 nitrogen and oxygen atoms in total. The molecule has 0 saturated heterocycles. The number of nitrogens with zero attached hydrogens (tertiary/aromatic N) is 1. The first kappa shape index (κ1) is 18.8. The van der Waals surface area contributed by atoms with E-state index in [0.717, 1.165) is 6.07 Å². The van der Waals surface area contributed by atoms with Crippen molar-refractivity contribution in [3.63, 3.8) is 0 Å². The number of rotatable bonds is 7. The zero-order chi connectivity index (χ0) is 17.1. The molecule has 0 bridgehead atoms. The summed E-state index contributed by atoms with van der Waals surface area (Å²) in [6, 6.07) is 3.73. The second-order valence-electron chi connectivity index (χ2n) is 5.81. The van der Waals surface area contributed by atoms with Crippen molar-refractivity contribution in [2.24, 2.45) is 11.7 Å². The van der Waals surface area contributed by atoms with Gasteiger partial charge < -0.3 is 5.73 Å². The van der Waals surface area contributed by atoms with Gasteiger partial charge in [-0.1, -0.05) is 31.5 Å². The Morgan fingerprint density at radius 2 is 2.05 bits per heavy atom. The molecule has 0 heterocycles. The molecule has 1 atom stereocenters. The third-order valence-electron chi connectivity index (χ3n) is 3.10. The molecule has 0 aromatic heterocycles. The Balaban J connectivity index is 3.34. The normalized spacial score (nSPS) is 14.8. The van der Waals surface area contributed by atoms with Crippen molar-refractivity contribution in [2.45, 2.75) is 37.6 Å². The number of hydrogen-bond donors (Lipinski definition) is 2. The lowest BCUT2D eigenvalue weighted by atomic mass is 9.92. The molecular formula is C13H20ClN3O4S. The van der Waals surface area contributed by atoms with Gasteiger partial charge in [0.25, 0.3) is 5.69 Å². The van der Waals surface area contributed by atoms with Gasteiger partial charge in [0.1, 0.15) is 0 Å². The van der Waals surface area contributed by atoms with Crippen LogP contribution in [0.1, 0.15) is 27.2 Å². The van der Waals surface area contributed by atoms with E-state index in [1.807, 2.05) is 13.8 Å². The highest BCUT2D eigenvalue weighted by molar-refractivity contribution is 7.89. The molecule has 9 heteroatoms. The summed E-state index contributed by atoms with van der Waals surface area (Å²) in [5.41, 5.74) is 4.20. The molecule has 0 spiro atoms. The molecule has 1 aromatic rings. The number of hydrogen-bond acceptors (Lipinski definition) is 5. The van der Waals surface area contributed by atoms with Gasteiger partial charge in [0.05, 0.1) is 9.95 Å². The van der Waals surface area contributed by atoms with E-state index in [9.17, 15) is 18.5 Å². The molecule has 3 N–H and O–H groups in total. The van der Waals surface area contributed by atoms with Crippen molar-refractivity contribution < 1.29 is 13.3 Å². The summed E-state index contributed by atoms with van der Waals surface area (Å²) in [5, 5.41) is 10.9. The van der Waals surface area contributed by atoms with Crippen molar-refractivity contribution in [1.29, 1.82) is 0 Å².